The van der Waals surface area contributed by atoms with Crippen LogP contribution in [0, 0.1) is 17.8 Å². The molecule has 0 aliphatic carbocycles. The molecule has 1 aromatic carbocycles. The number of hydrogen-bond acceptors (Lipinski definition) is 2. The summed E-state index contributed by atoms with van der Waals surface area (Å²) in [6, 6.07) is 7.83. The van der Waals surface area contributed by atoms with E-state index in [2.05, 4.69) is 17.2 Å². The minimum Gasteiger partial charge on any atom is -0.395 e. The molecule has 114 valence electrons. The largest absolute Gasteiger partial charge is 0.395 e. The summed E-state index contributed by atoms with van der Waals surface area (Å²) in [4.78, 5) is 12.1. The molecular formula is C18H25NO2. The second-order valence-corrected chi connectivity index (χ2v) is 5.14. The second kappa shape index (κ2) is 9.20. The number of nitrogens with one attached hydrogen (secondary N) is 1. The summed E-state index contributed by atoms with van der Waals surface area (Å²) in [5.41, 5.74) is 1.95. The molecule has 3 heteroatoms. The molecule has 0 aromatic heterocycles. The van der Waals surface area contributed by atoms with Crippen molar-refractivity contribution < 1.29 is 9.90 Å². The lowest BCUT2D eigenvalue weighted by Gasteiger charge is -2.18. The lowest BCUT2D eigenvalue weighted by Crippen LogP contribution is -2.32. The number of aliphatic hydroxyl groups is 1. The van der Waals surface area contributed by atoms with Gasteiger partial charge >= 0.3 is 0 Å². The van der Waals surface area contributed by atoms with Crippen LogP contribution in [0.3, 0.4) is 0 Å². The minimum absolute atomic E-state index is 0.0299. The van der Waals surface area contributed by atoms with Crippen LogP contribution >= 0.6 is 0 Å². The van der Waals surface area contributed by atoms with Crippen LogP contribution in [0.4, 0.5) is 0 Å². The number of benzene rings is 1. The normalized spacial score (nSPS) is 11.7. The first kappa shape index (κ1) is 17.3. The molecule has 1 unspecified atom stereocenters. The van der Waals surface area contributed by atoms with Crippen LogP contribution in [-0.4, -0.2) is 17.6 Å². The standard InChI is InChI=1S/C18H25NO2/c1-4-16(5-2)18(21)19-14(3)17-11-8-10-15(13-17)9-6-7-12-20/h8,10-11,13-14,16,20H,4-5,7,12H2,1-3H3,(H,19,21). The number of carbonyl (C=O) groups excluding carboxylic acids is 1. The molecule has 1 amide bonds. The zero-order valence-electron chi connectivity index (χ0n) is 13.1. The number of hydrogen-bond donors (Lipinski definition) is 2. The fourth-order valence-corrected chi connectivity index (χ4v) is 2.18. The van der Waals surface area contributed by atoms with Crippen molar-refractivity contribution in [3.8, 4) is 11.8 Å². The Kier molecular flexibility index (Phi) is 7.56. The quantitative estimate of drug-likeness (QED) is 0.790. The monoisotopic (exact) mass is 287 g/mol. The van der Waals surface area contributed by atoms with E-state index in [4.69, 9.17) is 5.11 Å². The Morgan fingerprint density at radius 1 is 1.33 bits per heavy atom. The summed E-state index contributed by atoms with van der Waals surface area (Å²) < 4.78 is 0. The average molecular weight is 287 g/mol. The van der Waals surface area contributed by atoms with Crippen LogP contribution in [0.15, 0.2) is 24.3 Å². The molecule has 0 heterocycles. The van der Waals surface area contributed by atoms with Crippen LogP contribution in [0.2, 0.25) is 0 Å². The summed E-state index contributed by atoms with van der Waals surface area (Å²) in [7, 11) is 0. The highest BCUT2D eigenvalue weighted by molar-refractivity contribution is 5.79. The van der Waals surface area contributed by atoms with Crippen molar-refractivity contribution in [2.45, 2.75) is 46.1 Å². The number of carbonyl (C=O) groups is 1. The Bertz CT molecular complexity index is 509. The summed E-state index contributed by atoms with van der Waals surface area (Å²) in [6.07, 6.45) is 2.20. The predicted molar refractivity (Wildman–Crippen MR) is 85.7 cm³/mol. The highest BCUT2D eigenvalue weighted by Crippen LogP contribution is 2.16. The zero-order valence-corrected chi connectivity index (χ0v) is 13.1. The lowest BCUT2D eigenvalue weighted by molar-refractivity contribution is -0.125. The topological polar surface area (TPSA) is 49.3 Å². The third-order valence-corrected chi connectivity index (χ3v) is 3.57. The van der Waals surface area contributed by atoms with E-state index in [9.17, 15) is 4.79 Å². The Labute approximate surface area is 127 Å². The van der Waals surface area contributed by atoms with Gasteiger partial charge in [0.25, 0.3) is 0 Å². The summed E-state index contributed by atoms with van der Waals surface area (Å²) >= 11 is 0. The van der Waals surface area contributed by atoms with Gasteiger partial charge in [-0.2, -0.15) is 0 Å². The van der Waals surface area contributed by atoms with E-state index in [1.807, 2.05) is 45.0 Å². The average Bonchev–Trinajstić information content (AvgIpc) is 2.49. The van der Waals surface area contributed by atoms with Gasteiger partial charge in [0, 0.05) is 17.9 Å². The van der Waals surface area contributed by atoms with Crippen molar-refractivity contribution >= 4 is 5.91 Å². The zero-order chi connectivity index (χ0) is 15.7. The van der Waals surface area contributed by atoms with Crippen LogP contribution in [0.25, 0.3) is 0 Å². The molecule has 0 fully saturated rings. The number of aliphatic hydroxyl groups excluding tert-OH is 1. The van der Waals surface area contributed by atoms with Crippen molar-refractivity contribution in [2.24, 2.45) is 5.92 Å². The molecule has 0 bridgehead atoms. The molecule has 1 atom stereocenters. The Morgan fingerprint density at radius 2 is 2.05 bits per heavy atom. The van der Waals surface area contributed by atoms with Gasteiger partial charge in [-0.05, 0) is 37.5 Å². The Balaban J connectivity index is 2.74. The molecule has 2 N–H and O–H groups in total. The van der Waals surface area contributed by atoms with E-state index in [0.717, 1.165) is 24.0 Å². The fourth-order valence-electron chi connectivity index (χ4n) is 2.18. The van der Waals surface area contributed by atoms with Gasteiger partial charge in [0.05, 0.1) is 12.6 Å². The van der Waals surface area contributed by atoms with E-state index in [1.165, 1.54) is 0 Å². The fraction of sp³-hybridized carbons (Fsp3) is 0.500. The van der Waals surface area contributed by atoms with Gasteiger partial charge in [0.1, 0.15) is 0 Å². The van der Waals surface area contributed by atoms with Crippen LogP contribution in [-0.2, 0) is 4.79 Å². The molecule has 0 aliphatic heterocycles. The molecule has 1 aromatic rings. The second-order valence-electron chi connectivity index (χ2n) is 5.14. The molecule has 21 heavy (non-hydrogen) atoms. The molecule has 3 nitrogen and oxygen atoms in total. The van der Waals surface area contributed by atoms with E-state index in [-0.39, 0.29) is 24.5 Å². The highest BCUT2D eigenvalue weighted by atomic mass is 16.2. The van der Waals surface area contributed by atoms with Crippen LogP contribution < -0.4 is 5.32 Å². The number of amides is 1. The van der Waals surface area contributed by atoms with Gasteiger partial charge in [-0.3, -0.25) is 4.79 Å². The van der Waals surface area contributed by atoms with Crippen molar-refractivity contribution in [1.29, 1.82) is 0 Å². The Hall–Kier alpha value is -1.79. The lowest BCUT2D eigenvalue weighted by atomic mass is 10.0. The van der Waals surface area contributed by atoms with Gasteiger partial charge in [-0.25, -0.2) is 0 Å². The first-order chi connectivity index (χ1) is 10.1. The SMILES string of the molecule is CCC(CC)C(=O)NC(C)c1cccc(C#CCCO)c1. The minimum atomic E-state index is -0.0299. The van der Waals surface area contributed by atoms with E-state index in [1.54, 1.807) is 0 Å². The molecule has 0 aliphatic rings. The summed E-state index contributed by atoms with van der Waals surface area (Å²) in [5.74, 6) is 6.12. The first-order valence-electron chi connectivity index (χ1n) is 7.62. The molecule has 0 spiro atoms. The maximum absolute atomic E-state index is 12.1. The van der Waals surface area contributed by atoms with Gasteiger partial charge in [0.15, 0.2) is 0 Å². The third kappa shape index (κ3) is 5.61. The van der Waals surface area contributed by atoms with Crippen molar-refractivity contribution in [3.05, 3.63) is 35.4 Å². The van der Waals surface area contributed by atoms with Crippen molar-refractivity contribution in [3.63, 3.8) is 0 Å². The van der Waals surface area contributed by atoms with Gasteiger partial charge in [-0.15, -0.1) is 0 Å². The molecule has 0 saturated carbocycles. The molecule has 0 saturated heterocycles. The maximum Gasteiger partial charge on any atom is 0.223 e. The summed E-state index contributed by atoms with van der Waals surface area (Å²) in [6.45, 7) is 6.14. The van der Waals surface area contributed by atoms with Gasteiger partial charge in [0.2, 0.25) is 5.91 Å². The van der Waals surface area contributed by atoms with E-state index >= 15 is 0 Å². The third-order valence-electron chi connectivity index (χ3n) is 3.57. The highest BCUT2D eigenvalue weighted by Gasteiger charge is 2.16. The Morgan fingerprint density at radius 3 is 2.67 bits per heavy atom. The first-order valence-corrected chi connectivity index (χ1v) is 7.62. The van der Waals surface area contributed by atoms with Crippen molar-refractivity contribution in [2.75, 3.05) is 6.61 Å². The van der Waals surface area contributed by atoms with Crippen LogP contribution in [0.5, 0.6) is 0 Å². The van der Waals surface area contributed by atoms with Crippen LogP contribution in [0.1, 0.15) is 57.2 Å². The maximum atomic E-state index is 12.1. The predicted octanol–water partition coefficient (Wildman–Crippen LogP) is 3.03. The van der Waals surface area contributed by atoms with Gasteiger partial charge in [-0.1, -0.05) is 37.8 Å². The summed E-state index contributed by atoms with van der Waals surface area (Å²) in [5, 5.41) is 11.8. The van der Waals surface area contributed by atoms with Crippen molar-refractivity contribution in [1.82, 2.24) is 5.32 Å². The molecule has 1 rings (SSSR count). The van der Waals surface area contributed by atoms with E-state index in [0.29, 0.717) is 6.42 Å². The van der Waals surface area contributed by atoms with Gasteiger partial charge < -0.3 is 10.4 Å². The molecule has 0 radical (unpaired) electrons. The number of rotatable bonds is 6. The van der Waals surface area contributed by atoms with E-state index < -0.39 is 0 Å². The smallest absolute Gasteiger partial charge is 0.223 e. The molecular weight excluding hydrogens is 262 g/mol.